The second kappa shape index (κ2) is 5.67. The molecule has 2 aromatic heterocycles. The summed E-state index contributed by atoms with van der Waals surface area (Å²) in [7, 11) is 0. The summed E-state index contributed by atoms with van der Waals surface area (Å²) in [5.41, 5.74) is 0. The molecule has 1 atom stereocenters. The van der Waals surface area contributed by atoms with Gasteiger partial charge in [-0.25, -0.2) is 9.97 Å². The Morgan fingerprint density at radius 1 is 1.42 bits per heavy atom. The molecular formula is C14H18N4S. The summed E-state index contributed by atoms with van der Waals surface area (Å²) in [5.74, 6) is 0.925. The van der Waals surface area contributed by atoms with Gasteiger partial charge in [-0.05, 0) is 31.5 Å². The Morgan fingerprint density at radius 3 is 3.11 bits per heavy atom. The molecule has 1 fully saturated rings. The summed E-state index contributed by atoms with van der Waals surface area (Å²) in [6.45, 7) is 5.47. The highest BCUT2D eigenvalue weighted by atomic mass is 32.1. The van der Waals surface area contributed by atoms with Crippen molar-refractivity contribution in [2.24, 2.45) is 0 Å². The molecule has 0 saturated carbocycles. The van der Waals surface area contributed by atoms with Gasteiger partial charge in [0.05, 0.1) is 0 Å². The zero-order chi connectivity index (χ0) is 13.1. The highest BCUT2D eigenvalue weighted by molar-refractivity contribution is 7.11. The Labute approximate surface area is 117 Å². The van der Waals surface area contributed by atoms with Crippen molar-refractivity contribution in [2.45, 2.75) is 25.9 Å². The number of hydrogen-bond donors (Lipinski definition) is 1. The minimum atomic E-state index is 0.496. The normalized spacial score (nSPS) is 19.7. The van der Waals surface area contributed by atoms with E-state index in [2.05, 4.69) is 39.2 Å². The zero-order valence-corrected chi connectivity index (χ0v) is 11.9. The van der Waals surface area contributed by atoms with E-state index in [-0.39, 0.29) is 0 Å². The average Bonchev–Trinajstić information content (AvgIpc) is 3.01. The summed E-state index contributed by atoms with van der Waals surface area (Å²) < 4.78 is 0. The highest BCUT2D eigenvalue weighted by Crippen LogP contribution is 2.21. The molecule has 0 aliphatic carbocycles. The molecule has 4 nitrogen and oxygen atoms in total. The van der Waals surface area contributed by atoms with E-state index in [4.69, 9.17) is 0 Å². The van der Waals surface area contributed by atoms with Gasteiger partial charge in [-0.3, -0.25) is 4.90 Å². The number of likely N-dealkylation sites (tertiary alicyclic amines) is 1. The Bertz CT molecular complexity index is 525. The summed E-state index contributed by atoms with van der Waals surface area (Å²) in [4.78, 5) is 13.5. The van der Waals surface area contributed by atoms with Crippen molar-refractivity contribution in [3.05, 3.63) is 40.5 Å². The monoisotopic (exact) mass is 274 g/mol. The molecule has 1 N–H and O–H groups in total. The minimum absolute atomic E-state index is 0.496. The van der Waals surface area contributed by atoms with Crippen LogP contribution in [0, 0.1) is 6.92 Å². The van der Waals surface area contributed by atoms with Gasteiger partial charge in [0.1, 0.15) is 12.1 Å². The predicted molar refractivity (Wildman–Crippen MR) is 78.4 cm³/mol. The van der Waals surface area contributed by atoms with Crippen molar-refractivity contribution in [1.82, 2.24) is 14.9 Å². The Kier molecular flexibility index (Phi) is 3.75. The molecule has 0 spiro atoms. The fourth-order valence-corrected chi connectivity index (χ4v) is 3.40. The van der Waals surface area contributed by atoms with Crippen molar-refractivity contribution >= 4 is 17.2 Å². The largest absolute Gasteiger partial charge is 0.366 e. The molecule has 3 rings (SSSR count). The third-order valence-corrected chi connectivity index (χ3v) is 4.37. The van der Waals surface area contributed by atoms with Gasteiger partial charge in [0.25, 0.3) is 0 Å². The molecule has 1 unspecified atom stereocenters. The fourth-order valence-electron chi connectivity index (χ4n) is 2.47. The number of aromatic nitrogens is 2. The number of hydrogen-bond acceptors (Lipinski definition) is 5. The minimum Gasteiger partial charge on any atom is -0.366 e. The highest BCUT2D eigenvalue weighted by Gasteiger charge is 2.22. The van der Waals surface area contributed by atoms with Crippen molar-refractivity contribution in [3.8, 4) is 0 Å². The maximum absolute atomic E-state index is 4.22. The smallest absolute Gasteiger partial charge is 0.129 e. The SMILES string of the molecule is Cc1ccc(CN2CCC(Nc3ccncn3)C2)s1. The first-order chi connectivity index (χ1) is 9.29. The summed E-state index contributed by atoms with van der Waals surface area (Å²) >= 11 is 1.90. The van der Waals surface area contributed by atoms with E-state index in [1.165, 1.54) is 16.2 Å². The first-order valence-corrected chi connectivity index (χ1v) is 7.41. The number of nitrogens with one attached hydrogen (secondary N) is 1. The molecule has 0 radical (unpaired) electrons. The van der Waals surface area contributed by atoms with E-state index in [0.29, 0.717) is 6.04 Å². The number of rotatable bonds is 4. The lowest BCUT2D eigenvalue weighted by atomic mass is 10.2. The molecule has 1 saturated heterocycles. The van der Waals surface area contributed by atoms with Crippen molar-refractivity contribution in [2.75, 3.05) is 18.4 Å². The molecular weight excluding hydrogens is 256 g/mol. The van der Waals surface area contributed by atoms with Gasteiger partial charge in [0.15, 0.2) is 0 Å². The van der Waals surface area contributed by atoms with E-state index >= 15 is 0 Å². The first-order valence-electron chi connectivity index (χ1n) is 6.60. The predicted octanol–water partition coefficient (Wildman–Crippen LogP) is 2.53. The molecule has 0 bridgehead atoms. The topological polar surface area (TPSA) is 41.0 Å². The summed E-state index contributed by atoms with van der Waals surface area (Å²) in [5, 5.41) is 3.47. The van der Waals surface area contributed by atoms with E-state index in [9.17, 15) is 0 Å². The molecule has 2 aromatic rings. The number of anilines is 1. The van der Waals surface area contributed by atoms with Crippen LogP contribution in [0.2, 0.25) is 0 Å². The van der Waals surface area contributed by atoms with E-state index in [0.717, 1.165) is 25.5 Å². The van der Waals surface area contributed by atoms with Gasteiger partial charge in [0, 0.05) is 41.6 Å². The second-order valence-electron chi connectivity index (χ2n) is 4.97. The Balaban J connectivity index is 1.53. The van der Waals surface area contributed by atoms with E-state index in [1.807, 2.05) is 17.4 Å². The fraction of sp³-hybridized carbons (Fsp3) is 0.429. The standard InChI is InChI=1S/C14H18N4S/c1-11-2-3-13(19-11)9-18-7-5-12(8-18)17-14-4-6-15-10-16-14/h2-4,6,10,12H,5,7-9H2,1H3,(H,15,16,17). The van der Waals surface area contributed by atoms with Crippen molar-refractivity contribution < 1.29 is 0 Å². The van der Waals surface area contributed by atoms with Crippen molar-refractivity contribution in [3.63, 3.8) is 0 Å². The lowest BCUT2D eigenvalue weighted by Crippen LogP contribution is -2.26. The number of aryl methyl sites for hydroxylation is 1. The van der Waals surface area contributed by atoms with Crippen LogP contribution in [0.5, 0.6) is 0 Å². The van der Waals surface area contributed by atoms with Crippen LogP contribution in [-0.2, 0) is 6.54 Å². The van der Waals surface area contributed by atoms with Crippen LogP contribution < -0.4 is 5.32 Å². The second-order valence-corrected chi connectivity index (χ2v) is 6.34. The number of nitrogens with zero attached hydrogens (tertiary/aromatic N) is 3. The van der Waals surface area contributed by atoms with Crippen molar-refractivity contribution in [1.29, 1.82) is 0 Å². The average molecular weight is 274 g/mol. The molecule has 0 aromatic carbocycles. The van der Waals surface area contributed by atoms with Crippen LogP contribution in [0.25, 0.3) is 0 Å². The molecule has 5 heteroatoms. The van der Waals surface area contributed by atoms with Gasteiger partial charge in [-0.15, -0.1) is 11.3 Å². The molecule has 1 aliphatic rings. The van der Waals surface area contributed by atoms with Gasteiger partial charge in [0.2, 0.25) is 0 Å². The lowest BCUT2D eigenvalue weighted by molar-refractivity contribution is 0.331. The molecule has 0 amide bonds. The lowest BCUT2D eigenvalue weighted by Gasteiger charge is -2.16. The zero-order valence-electron chi connectivity index (χ0n) is 11.0. The van der Waals surface area contributed by atoms with Gasteiger partial charge in [-0.1, -0.05) is 0 Å². The third-order valence-electron chi connectivity index (χ3n) is 3.38. The third kappa shape index (κ3) is 3.30. The van der Waals surface area contributed by atoms with Gasteiger partial charge in [-0.2, -0.15) is 0 Å². The summed E-state index contributed by atoms with van der Waals surface area (Å²) in [6, 6.07) is 6.86. The summed E-state index contributed by atoms with van der Waals surface area (Å²) in [6.07, 6.45) is 4.54. The molecule has 19 heavy (non-hydrogen) atoms. The van der Waals surface area contributed by atoms with Gasteiger partial charge >= 0.3 is 0 Å². The van der Waals surface area contributed by atoms with Crippen LogP contribution in [0.3, 0.4) is 0 Å². The Morgan fingerprint density at radius 2 is 2.37 bits per heavy atom. The maximum atomic E-state index is 4.22. The van der Waals surface area contributed by atoms with Crippen LogP contribution in [0.15, 0.2) is 30.7 Å². The van der Waals surface area contributed by atoms with Crippen LogP contribution >= 0.6 is 11.3 Å². The molecule has 100 valence electrons. The van der Waals surface area contributed by atoms with Crippen LogP contribution in [0.4, 0.5) is 5.82 Å². The Hall–Kier alpha value is -1.46. The van der Waals surface area contributed by atoms with Crippen LogP contribution in [0.1, 0.15) is 16.2 Å². The van der Waals surface area contributed by atoms with E-state index < -0.39 is 0 Å². The number of thiophene rings is 1. The van der Waals surface area contributed by atoms with Crippen LogP contribution in [-0.4, -0.2) is 34.0 Å². The molecule has 3 heterocycles. The first kappa shape index (κ1) is 12.6. The quantitative estimate of drug-likeness (QED) is 0.930. The van der Waals surface area contributed by atoms with E-state index in [1.54, 1.807) is 12.5 Å². The van der Waals surface area contributed by atoms with Gasteiger partial charge < -0.3 is 5.32 Å². The molecule has 1 aliphatic heterocycles. The maximum Gasteiger partial charge on any atom is 0.129 e.